The van der Waals surface area contributed by atoms with Crippen molar-refractivity contribution in [2.24, 2.45) is 5.73 Å². The van der Waals surface area contributed by atoms with Gasteiger partial charge in [0.2, 0.25) is 0 Å². The summed E-state index contributed by atoms with van der Waals surface area (Å²) >= 11 is 0. The van der Waals surface area contributed by atoms with Crippen molar-refractivity contribution in [3.63, 3.8) is 0 Å². The van der Waals surface area contributed by atoms with Gasteiger partial charge in [0.25, 0.3) is 0 Å². The van der Waals surface area contributed by atoms with Gasteiger partial charge in [-0.15, -0.1) is 0 Å². The molecule has 20 heavy (non-hydrogen) atoms. The normalized spacial score (nSPS) is 14.2. The average Bonchev–Trinajstić information content (AvgIpc) is 2.79. The van der Waals surface area contributed by atoms with Crippen molar-refractivity contribution in [1.82, 2.24) is 9.55 Å². The SMILES string of the molecule is CCCn1ccnc1CC(C)(N)Cc1ccccc1F. The topological polar surface area (TPSA) is 43.8 Å². The van der Waals surface area contributed by atoms with Crippen molar-refractivity contribution in [2.45, 2.75) is 45.2 Å². The maximum absolute atomic E-state index is 13.7. The third-order valence-corrected chi connectivity index (χ3v) is 3.38. The van der Waals surface area contributed by atoms with Gasteiger partial charge in [-0.05, 0) is 31.4 Å². The van der Waals surface area contributed by atoms with Gasteiger partial charge in [0.1, 0.15) is 11.6 Å². The van der Waals surface area contributed by atoms with E-state index in [0.717, 1.165) is 18.8 Å². The van der Waals surface area contributed by atoms with Crippen LogP contribution in [0.5, 0.6) is 0 Å². The highest BCUT2D eigenvalue weighted by molar-refractivity contribution is 5.20. The molecule has 108 valence electrons. The molecule has 0 aliphatic rings. The van der Waals surface area contributed by atoms with Crippen LogP contribution in [0.3, 0.4) is 0 Å². The fourth-order valence-corrected chi connectivity index (χ4v) is 2.45. The Kier molecular flexibility index (Phi) is 4.55. The summed E-state index contributed by atoms with van der Waals surface area (Å²) in [5.74, 6) is 0.772. The maximum atomic E-state index is 13.7. The number of hydrogen-bond acceptors (Lipinski definition) is 2. The molecule has 0 spiro atoms. The minimum absolute atomic E-state index is 0.193. The van der Waals surface area contributed by atoms with E-state index in [2.05, 4.69) is 16.5 Å². The number of hydrogen-bond donors (Lipinski definition) is 1. The molecule has 1 unspecified atom stereocenters. The van der Waals surface area contributed by atoms with Crippen LogP contribution in [0.15, 0.2) is 36.7 Å². The van der Waals surface area contributed by atoms with Crippen LogP contribution >= 0.6 is 0 Å². The molecular weight excluding hydrogens is 253 g/mol. The second kappa shape index (κ2) is 6.18. The van der Waals surface area contributed by atoms with Gasteiger partial charge in [0.05, 0.1) is 0 Å². The summed E-state index contributed by atoms with van der Waals surface area (Å²) in [4.78, 5) is 4.37. The number of aromatic nitrogens is 2. The number of halogens is 1. The third-order valence-electron chi connectivity index (χ3n) is 3.38. The van der Waals surface area contributed by atoms with E-state index < -0.39 is 5.54 Å². The van der Waals surface area contributed by atoms with Crippen LogP contribution in [0.2, 0.25) is 0 Å². The van der Waals surface area contributed by atoms with Gasteiger partial charge in [-0.1, -0.05) is 25.1 Å². The van der Waals surface area contributed by atoms with E-state index in [-0.39, 0.29) is 5.82 Å². The Balaban J connectivity index is 2.11. The van der Waals surface area contributed by atoms with Crippen LogP contribution < -0.4 is 5.73 Å². The van der Waals surface area contributed by atoms with Crippen molar-refractivity contribution < 1.29 is 4.39 Å². The number of nitrogens with two attached hydrogens (primary N) is 1. The van der Waals surface area contributed by atoms with Gasteiger partial charge in [-0.3, -0.25) is 0 Å². The quantitative estimate of drug-likeness (QED) is 0.881. The lowest BCUT2D eigenvalue weighted by molar-refractivity contribution is 0.431. The first kappa shape index (κ1) is 14.7. The predicted molar refractivity (Wildman–Crippen MR) is 78.9 cm³/mol. The third kappa shape index (κ3) is 3.67. The molecule has 2 N–H and O–H groups in total. The fourth-order valence-electron chi connectivity index (χ4n) is 2.45. The van der Waals surface area contributed by atoms with E-state index in [0.29, 0.717) is 18.4 Å². The Bertz CT molecular complexity index is 560. The molecule has 1 aromatic heterocycles. The molecule has 0 radical (unpaired) electrons. The van der Waals surface area contributed by atoms with Crippen molar-refractivity contribution in [3.05, 3.63) is 53.9 Å². The Labute approximate surface area is 119 Å². The first-order valence-corrected chi connectivity index (χ1v) is 7.04. The molecule has 0 fully saturated rings. The number of nitrogens with zero attached hydrogens (tertiary/aromatic N) is 2. The van der Waals surface area contributed by atoms with Crippen LogP contribution in [0.4, 0.5) is 4.39 Å². The molecule has 0 amide bonds. The van der Waals surface area contributed by atoms with E-state index in [4.69, 9.17) is 5.73 Å². The highest BCUT2D eigenvalue weighted by atomic mass is 19.1. The van der Waals surface area contributed by atoms with Gasteiger partial charge in [0.15, 0.2) is 0 Å². The zero-order chi connectivity index (χ0) is 14.6. The summed E-state index contributed by atoms with van der Waals surface area (Å²) in [6.07, 6.45) is 5.95. The lowest BCUT2D eigenvalue weighted by atomic mass is 9.90. The molecule has 0 saturated heterocycles. The molecular formula is C16H22FN3. The van der Waals surface area contributed by atoms with E-state index in [1.165, 1.54) is 6.07 Å². The van der Waals surface area contributed by atoms with Crippen LogP contribution in [-0.4, -0.2) is 15.1 Å². The van der Waals surface area contributed by atoms with Crippen LogP contribution in [0.1, 0.15) is 31.7 Å². The van der Waals surface area contributed by atoms with Crippen molar-refractivity contribution in [2.75, 3.05) is 0 Å². The van der Waals surface area contributed by atoms with Gasteiger partial charge >= 0.3 is 0 Å². The Morgan fingerprint density at radius 2 is 2.05 bits per heavy atom. The number of imidazole rings is 1. The molecule has 0 bridgehead atoms. The summed E-state index contributed by atoms with van der Waals surface area (Å²) < 4.78 is 15.8. The fraction of sp³-hybridized carbons (Fsp3) is 0.438. The monoisotopic (exact) mass is 275 g/mol. The van der Waals surface area contributed by atoms with E-state index >= 15 is 0 Å². The van der Waals surface area contributed by atoms with Crippen molar-refractivity contribution in [1.29, 1.82) is 0 Å². The molecule has 1 aromatic carbocycles. The van der Waals surface area contributed by atoms with E-state index in [1.807, 2.05) is 19.2 Å². The van der Waals surface area contributed by atoms with Gasteiger partial charge in [-0.2, -0.15) is 0 Å². The molecule has 3 nitrogen and oxygen atoms in total. The summed E-state index contributed by atoms with van der Waals surface area (Å²) in [6.45, 7) is 5.01. The molecule has 4 heteroatoms. The minimum Gasteiger partial charge on any atom is -0.335 e. The standard InChI is InChI=1S/C16H22FN3/c1-3-9-20-10-8-19-15(20)12-16(2,18)11-13-6-4-5-7-14(13)17/h4-8,10H,3,9,11-12,18H2,1-2H3. The minimum atomic E-state index is -0.515. The van der Waals surface area contributed by atoms with Crippen molar-refractivity contribution >= 4 is 0 Å². The lowest BCUT2D eigenvalue weighted by Gasteiger charge is -2.25. The number of rotatable bonds is 6. The maximum Gasteiger partial charge on any atom is 0.126 e. The Morgan fingerprint density at radius 3 is 2.75 bits per heavy atom. The van der Waals surface area contributed by atoms with Crippen LogP contribution in [0.25, 0.3) is 0 Å². The first-order valence-electron chi connectivity index (χ1n) is 7.04. The molecule has 0 saturated carbocycles. The highest BCUT2D eigenvalue weighted by Crippen LogP contribution is 2.18. The van der Waals surface area contributed by atoms with Gasteiger partial charge in [-0.25, -0.2) is 9.37 Å². The lowest BCUT2D eigenvalue weighted by Crippen LogP contribution is -2.42. The smallest absolute Gasteiger partial charge is 0.126 e. The van der Waals surface area contributed by atoms with Crippen LogP contribution in [-0.2, 0) is 19.4 Å². The van der Waals surface area contributed by atoms with Crippen LogP contribution in [0, 0.1) is 5.82 Å². The molecule has 1 atom stereocenters. The summed E-state index contributed by atoms with van der Waals surface area (Å²) in [7, 11) is 0. The summed E-state index contributed by atoms with van der Waals surface area (Å²) in [5, 5.41) is 0. The summed E-state index contributed by atoms with van der Waals surface area (Å²) in [5.41, 5.74) is 6.50. The first-order chi connectivity index (χ1) is 9.52. The summed E-state index contributed by atoms with van der Waals surface area (Å²) in [6, 6.07) is 6.80. The number of aryl methyl sites for hydroxylation is 1. The molecule has 1 heterocycles. The molecule has 0 aliphatic heterocycles. The predicted octanol–water partition coefficient (Wildman–Crippen LogP) is 2.93. The largest absolute Gasteiger partial charge is 0.335 e. The zero-order valence-electron chi connectivity index (χ0n) is 12.1. The molecule has 2 rings (SSSR count). The zero-order valence-corrected chi connectivity index (χ0v) is 12.1. The van der Waals surface area contributed by atoms with E-state index in [9.17, 15) is 4.39 Å². The Morgan fingerprint density at radius 1 is 1.30 bits per heavy atom. The Hall–Kier alpha value is -1.68. The van der Waals surface area contributed by atoms with Gasteiger partial charge in [0, 0.05) is 30.9 Å². The average molecular weight is 275 g/mol. The van der Waals surface area contributed by atoms with Crippen molar-refractivity contribution in [3.8, 4) is 0 Å². The second-order valence-corrected chi connectivity index (χ2v) is 5.64. The number of benzene rings is 1. The highest BCUT2D eigenvalue weighted by Gasteiger charge is 2.23. The van der Waals surface area contributed by atoms with Gasteiger partial charge < -0.3 is 10.3 Å². The second-order valence-electron chi connectivity index (χ2n) is 5.64. The van der Waals surface area contributed by atoms with E-state index in [1.54, 1.807) is 18.3 Å². The molecule has 2 aromatic rings. The molecule has 0 aliphatic carbocycles.